The summed E-state index contributed by atoms with van der Waals surface area (Å²) in [6, 6.07) is 80.2. The Hall–Kier alpha value is -7.28. The highest BCUT2D eigenvalue weighted by Gasteiger charge is 2.21. The second-order valence-electron chi connectivity index (χ2n) is 14.7. The van der Waals surface area contributed by atoms with Gasteiger partial charge in [-0.1, -0.05) is 212 Å². The minimum Gasteiger partial charge on any atom is -0.0622 e. The molecule has 0 saturated heterocycles. The summed E-state index contributed by atoms with van der Waals surface area (Å²) in [6.07, 6.45) is 0. The maximum absolute atomic E-state index is 2.45. The lowest BCUT2D eigenvalue weighted by atomic mass is 9.82. The SMILES string of the molecule is c1ccc(-c2c3ccccc3c(-c3ccccc3)c3cc(-c4cccc5c4ccc4c(-c6ccccc6)c6ccccc6c(-c6ccccc6)c45)ccc23)cc1. The summed E-state index contributed by atoms with van der Waals surface area (Å²) in [5.74, 6) is 0. The third-order valence-electron chi connectivity index (χ3n) is 11.6. The van der Waals surface area contributed by atoms with E-state index < -0.39 is 0 Å². The smallest absolute Gasteiger partial charge is 0.00139 e. The molecule has 0 radical (unpaired) electrons. The van der Waals surface area contributed by atoms with E-state index in [-0.39, 0.29) is 0 Å². The van der Waals surface area contributed by atoms with Gasteiger partial charge in [0.05, 0.1) is 0 Å². The molecule has 0 fully saturated rings. The molecule has 0 unspecified atom stereocenters. The van der Waals surface area contributed by atoms with E-state index in [1.54, 1.807) is 0 Å². The van der Waals surface area contributed by atoms with Gasteiger partial charge in [-0.25, -0.2) is 0 Å². The lowest BCUT2D eigenvalue weighted by Gasteiger charge is -2.21. The fourth-order valence-corrected chi connectivity index (χ4v) is 9.28. The van der Waals surface area contributed by atoms with Crippen LogP contribution in [0.15, 0.2) is 218 Å². The topological polar surface area (TPSA) is 0 Å². The summed E-state index contributed by atoms with van der Waals surface area (Å²) in [4.78, 5) is 0. The van der Waals surface area contributed by atoms with Crippen molar-refractivity contribution in [1.29, 1.82) is 0 Å². The van der Waals surface area contributed by atoms with Crippen LogP contribution in [0.25, 0.3) is 109 Å². The van der Waals surface area contributed by atoms with E-state index >= 15 is 0 Å². The van der Waals surface area contributed by atoms with Crippen molar-refractivity contribution in [2.45, 2.75) is 0 Å². The van der Waals surface area contributed by atoms with E-state index in [1.165, 1.54) is 109 Å². The molecule has 0 N–H and O–H groups in total. The first-order chi connectivity index (χ1) is 27.8. The lowest BCUT2D eigenvalue weighted by molar-refractivity contribution is 1.64. The van der Waals surface area contributed by atoms with Crippen LogP contribution >= 0.6 is 0 Å². The summed E-state index contributed by atoms with van der Waals surface area (Å²) in [7, 11) is 0. The monoisotopic (exact) mass is 708 g/mol. The molecule has 0 heteroatoms. The molecule has 260 valence electrons. The van der Waals surface area contributed by atoms with Crippen LogP contribution in [0.1, 0.15) is 0 Å². The number of benzene rings is 11. The summed E-state index contributed by atoms with van der Waals surface area (Å²) < 4.78 is 0. The molecule has 0 nitrogen and oxygen atoms in total. The first kappa shape index (κ1) is 32.2. The van der Waals surface area contributed by atoms with Crippen molar-refractivity contribution in [3.05, 3.63) is 218 Å². The highest BCUT2D eigenvalue weighted by Crippen LogP contribution is 2.49. The Kier molecular flexibility index (Phi) is 7.60. The van der Waals surface area contributed by atoms with Crippen LogP contribution < -0.4 is 0 Å². The number of hydrogen-bond acceptors (Lipinski definition) is 0. The van der Waals surface area contributed by atoms with Gasteiger partial charge < -0.3 is 0 Å². The molecular formula is C56H36. The fourth-order valence-electron chi connectivity index (χ4n) is 9.28. The molecule has 11 aromatic carbocycles. The van der Waals surface area contributed by atoms with E-state index in [4.69, 9.17) is 0 Å². The normalized spacial score (nSPS) is 11.6. The Bertz CT molecular complexity index is 3250. The zero-order valence-corrected chi connectivity index (χ0v) is 30.8. The molecule has 0 spiro atoms. The van der Waals surface area contributed by atoms with Crippen LogP contribution in [0, 0.1) is 0 Å². The average molecular weight is 709 g/mol. The van der Waals surface area contributed by atoms with Gasteiger partial charge in [0.2, 0.25) is 0 Å². The van der Waals surface area contributed by atoms with Crippen molar-refractivity contribution in [1.82, 2.24) is 0 Å². The van der Waals surface area contributed by atoms with Crippen molar-refractivity contribution >= 4 is 53.9 Å². The highest BCUT2D eigenvalue weighted by atomic mass is 14.2. The standard InChI is InChI=1S/C56H36/c1-5-18-37(19-6-1)52-45-26-13-14-27-46(45)54(39-22-9-3-10-23-39)51-36-41(32-33-49(51)52)42-30-17-31-44-43(42)34-35-50-53(38-20-7-2-8-21-38)47-28-15-16-29-48(47)55(56(44)50)40-24-11-4-12-25-40/h1-36H. The molecule has 0 heterocycles. The zero-order chi connectivity index (χ0) is 37.0. The van der Waals surface area contributed by atoms with E-state index in [2.05, 4.69) is 218 Å². The minimum atomic E-state index is 1.21. The molecule has 0 aliphatic heterocycles. The minimum absolute atomic E-state index is 1.21. The van der Waals surface area contributed by atoms with Gasteiger partial charge in [0.25, 0.3) is 0 Å². The third kappa shape index (κ3) is 5.08. The Labute approximate surface area is 326 Å². The van der Waals surface area contributed by atoms with Gasteiger partial charge in [0.1, 0.15) is 0 Å². The van der Waals surface area contributed by atoms with E-state index in [9.17, 15) is 0 Å². The van der Waals surface area contributed by atoms with E-state index in [0.717, 1.165) is 0 Å². The number of hydrogen-bond donors (Lipinski definition) is 0. The molecule has 11 aromatic rings. The molecule has 0 aliphatic rings. The Morgan fingerprint density at radius 1 is 0.179 bits per heavy atom. The third-order valence-corrected chi connectivity index (χ3v) is 11.6. The van der Waals surface area contributed by atoms with E-state index in [0.29, 0.717) is 0 Å². The zero-order valence-electron chi connectivity index (χ0n) is 30.8. The predicted molar refractivity (Wildman–Crippen MR) is 241 cm³/mol. The molecule has 0 saturated carbocycles. The molecule has 11 rings (SSSR count). The predicted octanol–water partition coefficient (Wildman–Crippen LogP) is 15.8. The van der Waals surface area contributed by atoms with Crippen LogP contribution in [-0.4, -0.2) is 0 Å². The van der Waals surface area contributed by atoms with Gasteiger partial charge in [-0.15, -0.1) is 0 Å². The molecule has 0 aliphatic carbocycles. The van der Waals surface area contributed by atoms with Gasteiger partial charge in [-0.05, 0) is 116 Å². The van der Waals surface area contributed by atoms with Gasteiger partial charge in [0, 0.05) is 0 Å². The highest BCUT2D eigenvalue weighted by molar-refractivity contribution is 6.29. The summed E-state index contributed by atoms with van der Waals surface area (Å²) in [6.45, 7) is 0. The largest absolute Gasteiger partial charge is 0.0622 e. The molecule has 0 amide bonds. The van der Waals surface area contributed by atoms with Gasteiger partial charge in [-0.2, -0.15) is 0 Å². The van der Waals surface area contributed by atoms with Crippen molar-refractivity contribution in [3.63, 3.8) is 0 Å². The van der Waals surface area contributed by atoms with Crippen LogP contribution in [0.4, 0.5) is 0 Å². The van der Waals surface area contributed by atoms with Crippen LogP contribution in [0.2, 0.25) is 0 Å². The van der Waals surface area contributed by atoms with Crippen LogP contribution in [0.5, 0.6) is 0 Å². The van der Waals surface area contributed by atoms with Gasteiger partial charge in [-0.3, -0.25) is 0 Å². The van der Waals surface area contributed by atoms with Crippen molar-refractivity contribution in [2.24, 2.45) is 0 Å². The summed E-state index contributed by atoms with van der Waals surface area (Å²) >= 11 is 0. The molecule has 0 atom stereocenters. The Morgan fingerprint density at radius 2 is 0.536 bits per heavy atom. The van der Waals surface area contributed by atoms with Crippen LogP contribution in [0.3, 0.4) is 0 Å². The van der Waals surface area contributed by atoms with Gasteiger partial charge >= 0.3 is 0 Å². The summed E-state index contributed by atoms with van der Waals surface area (Å²) in [5.41, 5.74) is 12.5. The molecule has 56 heavy (non-hydrogen) atoms. The second kappa shape index (κ2) is 13.2. The summed E-state index contributed by atoms with van der Waals surface area (Å²) in [5, 5.41) is 12.6. The average Bonchev–Trinajstić information content (AvgIpc) is 3.28. The first-order valence-corrected chi connectivity index (χ1v) is 19.4. The first-order valence-electron chi connectivity index (χ1n) is 19.4. The Balaban J connectivity index is 1.25. The van der Waals surface area contributed by atoms with Crippen molar-refractivity contribution < 1.29 is 0 Å². The Morgan fingerprint density at radius 3 is 1.05 bits per heavy atom. The number of fused-ring (bicyclic) bond motifs is 6. The van der Waals surface area contributed by atoms with Crippen LogP contribution in [-0.2, 0) is 0 Å². The fraction of sp³-hybridized carbons (Fsp3) is 0. The molecule has 0 aromatic heterocycles. The maximum atomic E-state index is 2.45. The van der Waals surface area contributed by atoms with E-state index in [1.807, 2.05) is 0 Å². The lowest BCUT2D eigenvalue weighted by Crippen LogP contribution is -1.93. The second-order valence-corrected chi connectivity index (χ2v) is 14.7. The van der Waals surface area contributed by atoms with Crippen molar-refractivity contribution in [2.75, 3.05) is 0 Å². The quantitative estimate of drug-likeness (QED) is 0.123. The number of rotatable bonds is 5. The maximum Gasteiger partial charge on any atom is -0.00139 e. The van der Waals surface area contributed by atoms with Crippen molar-refractivity contribution in [3.8, 4) is 55.6 Å². The van der Waals surface area contributed by atoms with Gasteiger partial charge in [0.15, 0.2) is 0 Å². The molecular weight excluding hydrogens is 673 g/mol. The molecule has 0 bridgehead atoms.